The highest BCUT2D eigenvalue weighted by Gasteiger charge is 2.26. The molecule has 0 amide bonds. The molecule has 2 heteroatoms. The smallest absolute Gasteiger partial charge is 0.0646 e. The normalized spacial score (nSPS) is 20.1. The zero-order valence-corrected chi connectivity index (χ0v) is 11.7. The van der Waals surface area contributed by atoms with Gasteiger partial charge in [0.2, 0.25) is 0 Å². The molecule has 0 aromatic carbocycles. The zero-order chi connectivity index (χ0) is 12.4. The first-order valence-electron chi connectivity index (χ1n) is 7.63. The Morgan fingerprint density at radius 1 is 0.941 bits per heavy atom. The Kier molecular flexibility index (Phi) is 7.87. The molecule has 2 nitrogen and oxygen atoms in total. The summed E-state index contributed by atoms with van der Waals surface area (Å²) in [6.07, 6.45) is 14.1. The average molecular weight is 241 g/mol. The van der Waals surface area contributed by atoms with E-state index >= 15 is 0 Å². The minimum absolute atomic E-state index is 0.0140. The lowest BCUT2D eigenvalue weighted by Crippen LogP contribution is -2.44. The summed E-state index contributed by atoms with van der Waals surface area (Å²) < 4.78 is 5.79. The molecule has 2 N–H and O–H groups in total. The highest BCUT2D eigenvalue weighted by Crippen LogP contribution is 2.25. The third-order valence-electron chi connectivity index (χ3n) is 3.88. The number of hydrogen-bond acceptors (Lipinski definition) is 2. The van der Waals surface area contributed by atoms with Crippen molar-refractivity contribution in [3.63, 3.8) is 0 Å². The lowest BCUT2D eigenvalue weighted by atomic mass is 9.93. The molecular weight excluding hydrogens is 210 g/mol. The van der Waals surface area contributed by atoms with Crippen LogP contribution < -0.4 is 5.73 Å². The monoisotopic (exact) mass is 241 g/mol. The highest BCUT2D eigenvalue weighted by atomic mass is 16.5. The Morgan fingerprint density at radius 2 is 1.59 bits per heavy atom. The fourth-order valence-electron chi connectivity index (χ4n) is 2.66. The molecule has 0 heterocycles. The second kappa shape index (κ2) is 8.93. The van der Waals surface area contributed by atoms with E-state index in [9.17, 15) is 0 Å². The maximum atomic E-state index is 6.40. The van der Waals surface area contributed by atoms with Gasteiger partial charge in [0.25, 0.3) is 0 Å². The fourth-order valence-corrected chi connectivity index (χ4v) is 2.66. The quantitative estimate of drug-likeness (QED) is 0.514. The lowest BCUT2D eigenvalue weighted by Gasteiger charge is -2.27. The molecule has 0 aromatic rings. The topological polar surface area (TPSA) is 35.2 Å². The lowest BCUT2D eigenvalue weighted by molar-refractivity contribution is 0.0752. The Balaban J connectivity index is 2.00. The van der Waals surface area contributed by atoms with E-state index in [0.717, 1.165) is 26.1 Å². The van der Waals surface area contributed by atoms with Gasteiger partial charge < -0.3 is 10.5 Å². The molecule has 0 aliphatic heterocycles. The maximum absolute atomic E-state index is 6.40. The van der Waals surface area contributed by atoms with Gasteiger partial charge in [0, 0.05) is 12.1 Å². The van der Waals surface area contributed by atoms with Gasteiger partial charge in [0.15, 0.2) is 0 Å². The van der Waals surface area contributed by atoms with E-state index in [1.54, 1.807) is 0 Å². The van der Waals surface area contributed by atoms with E-state index < -0.39 is 0 Å². The number of hydrogen-bond donors (Lipinski definition) is 1. The van der Waals surface area contributed by atoms with Crippen molar-refractivity contribution < 1.29 is 4.74 Å². The molecule has 0 aromatic heterocycles. The largest absolute Gasteiger partial charge is 0.380 e. The fraction of sp³-hybridized carbons (Fsp3) is 1.00. The molecule has 0 saturated heterocycles. The number of rotatable bonds is 8. The van der Waals surface area contributed by atoms with E-state index in [4.69, 9.17) is 10.5 Å². The van der Waals surface area contributed by atoms with E-state index in [-0.39, 0.29) is 5.54 Å². The third kappa shape index (κ3) is 7.05. The van der Waals surface area contributed by atoms with E-state index in [0.29, 0.717) is 0 Å². The zero-order valence-electron chi connectivity index (χ0n) is 11.7. The van der Waals surface area contributed by atoms with Crippen LogP contribution in [0.1, 0.15) is 77.6 Å². The van der Waals surface area contributed by atoms with Crippen molar-refractivity contribution in [1.29, 1.82) is 0 Å². The molecule has 1 aliphatic carbocycles. The van der Waals surface area contributed by atoms with E-state index in [1.165, 1.54) is 57.8 Å². The first-order valence-corrected chi connectivity index (χ1v) is 7.63. The standard InChI is InChI=1S/C15H31NO/c1-2-3-4-7-10-13-17-14-15(16)11-8-5-6-9-12-15/h2-14,16H2,1H3. The van der Waals surface area contributed by atoms with Crippen molar-refractivity contribution in [2.24, 2.45) is 5.73 Å². The van der Waals surface area contributed by atoms with Gasteiger partial charge in [-0.05, 0) is 19.3 Å². The molecule has 0 spiro atoms. The van der Waals surface area contributed by atoms with E-state index in [1.807, 2.05) is 0 Å². The SMILES string of the molecule is CCCCCCCOCC1(N)CCCCCC1. The van der Waals surface area contributed by atoms with Gasteiger partial charge in [0.1, 0.15) is 0 Å². The van der Waals surface area contributed by atoms with Gasteiger partial charge in [-0.1, -0.05) is 58.3 Å². The summed E-state index contributed by atoms with van der Waals surface area (Å²) in [7, 11) is 0. The first kappa shape index (κ1) is 15.0. The summed E-state index contributed by atoms with van der Waals surface area (Å²) in [5.74, 6) is 0. The van der Waals surface area contributed by atoms with Crippen molar-refractivity contribution in [2.45, 2.75) is 83.1 Å². The molecular formula is C15H31NO. The number of unbranched alkanes of at least 4 members (excludes halogenated alkanes) is 4. The van der Waals surface area contributed by atoms with Gasteiger partial charge in [-0.15, -0.1) is 0 Å². The van der Waals surface area contributed by atoms with Crippen molar-refractivity contribution in [3.05, 3.63) is 0 Å². The summed E-state index contributed by atoms with van der Waals surface area (Å²) in [5, 5.41) is 0. The summed E-state index contributed by atoms with van der Waals surface area (Å²) in [6.45, 7) is 3.93. The molecule has 102 valence electrons. The van der Waals surface area contributed by atoms with Gasteiger partial charge in [0.05, 0.1) is 6.61 Å². The van der Waals surface area contributed by atoms with Crippen LogP contribution in [0.4, 0.5) is 0 Å². The summed E-state index contributed by atoms with van der Waals surface area (Å²) in [4.78, 5) is 0. The molecule has 17 heavy (non-hydrogen) atoms. The first-order chi connectivity index (χ1) is 8.27. The van der Waals surface area contributed by atoms with E-state index in [2.05, 4.69) is 6.92 Å². The Bertz CT molecular complexity index is 174. The molecule has 0 unspecified atom stereocenters. The highest BCUT2D eigenvalue weighted by molar-refractivity contribution is 4.85. The third-order valence-corrected chi connectivity index (χ3v) is 3.88. The van der Waals surface area contributed by atoms with Crippen molar-refractivity contribution in [3.8, 4) is 0 Å². The van der Waals surface area contributed by atoms with Crippen LogP contribution in [0.25, 0.3) is 0 Å². The molecule has 1 aliphatic rings. The van der Waals surface area contributed by atoms with Gasteiger partial charge >= 0.3 is 0 Å². The Morgan fingerprint density at radius 3 is 2.24 bits per heavy atom. The second-order valence-electron chi connectivity index (χ2n) is 5.74. The number of ether oxygens (including phenoxy) is 1. The minimum Gasteiger partial charge on any atom is -0.380 e. The average Bonchev–Trinajstić information content (AvgIpc) is 2.53. The van der Waals surface area contributed by atoms with Crippen LogP contribution in [-0.2, 0) is 4.74 Å². The van der Waals surface area contributed by atoms with Crippen LogP contribution in [0.2, 0.25) is 0 Å². The maximum Gasteiger partial charge on any atom is 0.0646 e. The predicted molar refractivity (Wildman–Crippen MR) is 74.2 cm³/mol. The molecule has 0 atom stereocenters. The predicted octanol–water partition coefficient (Wildman–Crippen LogP) is 4.03. The van der Waals surface area contributed by atoms with Crippen molar-refractivity contribution >= 4 is 0 Å². The Labute approximate surface area is 107 Å². The molecule has 1 fully saturated rings. The van der Waals surface area contributed by atoms with Crippen LogP contribution in [0.5, 0.6) is 0 Å². The molecule has 0 bridgehead atoms. The molecule has 0 radical (unpaired) electrons. The van der Waals surface area contributed by atoms with Crippen LogP contribution in [0.3, 0.4) is 0 Å². The number of nitrogens with two attached hydrogens (primary N) is 1. The van der Waals surface area contributed by atoms with Crippen molar-refractivity contribution in [2.75, 3.05) is 13.2 Å². The van der Waals surface area contributed by atoms with Gasteiger partial charge in [-0.25, -0.2) is 0 Å². The molecule has 1 saturated carbocycles. The Hall–Kier alpha value is -0.0800. The minimum atomic E-state index is -0.0140. The van der Waals surface area contributed by atoms with Crippen LogP contribution >= 0.6 is 0 Å². The van der Waals surface area contributed by atoms with Gasteiger partial charge in [-0.3, -0.25) is 0 Å². The van der Waals surface area contributed by atoms with Crippen LogP contribution in [0.15, 0.2) is 0 Å². The van der Waals surface area contributed by atoms with Crippen molar-refractivity contribution in [1.82, 2.24) is 0 Å². The summed E-state index contributed by atoms with van der Waals surface area (Å²) >= 11 is 0. The molecule has 1 rings (SSSR count). The van der Waals surface area contributed by atoms with Crippen LogP contribution in [-0.4, -0.2) is 18.8 Å². The summed E-state index contributed by atoms with van der Waals surface area (Å²) in [5.41, 5.74) is 6.38. The van der Waals surface area contributed by atoms with Gasteiger partial charge in [-0.2, -0.15) is 0 Å². The second-order valence-corrected chi connectivity index (χ2v) is 5.74. The van der Waals surface area contributed by atoms with Crippen LogP contribution in [0, 0.1) is 0 Å². The summed E-state index contributed by atoms with van der Waals surface area (Å²) in [6, 6.07) is 0.